The van der Waals surface area contributed by atoms with E-state index in [0.29, 0.717) is 12.0 Å². The van der Waals surface area contributed by atoms with Crippen molar-refractivity contribution in [3.63, 3.8) is 0 Å². The third-order valence-corrected chi connectivity index (χ3v) is 3.06. The van der Waals surface area contributed by atoms with E-state index in [2.05, 4.69) is 0 Å². The standard InChI is InChI=1S/C15H19F2NO3/c1-2-9-18(10-13(16)17)14(19)8-7-11-5-3-4-6-12(11)15(20)21/h3-6,13H,2,7-10H2,1H3,(H,20,21). The van der Waals surface area contributed by atoms with Gasteiger partial charge in [-0.1, -0.05) is 25.1 Å². The highest BCUT2D eigenvalue weighted by atomic mass is 19.3. The molecule has 0 unspecified atom stereocenters. The highest BCUT2D eigenvalue weighted by Crippen LogP contribution is 2.12. The van der Waals surface area contributed by atoms with Crippen LogP contribution in [0.2, 0.25) is 0 Å². The van der Waals surface area contributed by atoms with Crippen LogP contribution in [0.3, 0.4) is 0 Å². The Morgan fingerprint density at radius 1 is 1.29 bits per heavy atom. The second-order valence-corrected chi connectivity index (χ2v) is 4.69. The van der Waals surface area contributed by atoms with E-state index in [4.69, 9.17) is 5.11 Å². The van der Waals surface area contributed by atoms with Crippen molar-refractivity contribution in [1.29, 1.82) is 0 Å². The van der Waals surface area contributed by atoms with Crippen molar-refractivity contribution < 1.29 is 23.5 Å². The predicted octanol–water partition coefficient (Wildman–Crippen LogP) is 2.82. The van der Waals surface area contributed by atoms with Crippen molar-refractivity contribution >= 4 is 11.9 Å². The average Bonchev–Trinajstić information content (AvgIpc) is 2.44. The van der Waals surface area contributed by atoms with Crippen molar-refractivity contribution in [2.75, 3.05) is 13.1 Å². The molecule has 6 heteroatoms. The van der Waals surface area contributed by atoms with Crippen molar-refractivity contribution in [3.05, 3.63) is 35.4 Å². The van der Waals surface area contributed by atoms with Crippen LogP contribution in [0.1, 0.15) is 35.7 Å². The predicted molar refractivity (Wildman–Crippen MR) is 74.6 cm³/mol. The highest BCUT2D eigenvalue weighted by Gasteiger charge is 2.18. The molecule has 0 aliphatic rings. The number of carboxylic acid groups (broad SMARTS) is 1. The van der Waals surface area contributed by atoms with Crippen molar-refractivity contribution in [3.8, 4) is 0 Å². The number of nitrogens with zero attached hydrogens (tertiary/aromatic N) is 1. The zero-order valence-electron chi connectivity index (χ0n) is 11.9. The summed E-state index contributed by atoms with van der Waals surface area (Å²) in [6, 6.07) is 6.39. The summed E-state index contributed by atoms with van der Waals surface area (Å²) in [5, 5.41) is 9.05. The van der Waals surface area contributed by atoms with Crippen LogP contribution in [0, 0.1) is 0 Å². The maximum absolute atomic E-state index is 12.4. The molecule has 116 valence electrons. The number of halogens is 2. The average molecular weight is 299 g/mol. The molecule has 0 spiro atoms. The van der Waals surface area contributed by atoms with Gasteiger partial charge in [0.1, 0.15) is 0 Å². The Balaban J connectivity index is 2.68. The molecule has 0 aliphatic carbocycles. The lowest BCUT2D eigenvalue weighted by Crippen LogP contribution is -2.35. The first-order valence-corrected chi connectivity index (χ1v) is 6.82. The van der Waals surface area contributed by atoms with E-state index in [1.54, 1.807) is 18.2 Å². The normalized spacial score (nSPS) is 10.7. The van der Waals surface area contributed by atoms with E-state index in [9.17, 15) is 18.4 Å². The summed E-state index contributed by atoms with van der Waals surface area (Å²) >= 11 is 0. The third kappa shape index (κ3) is 5.49. The molecule has 0 atom stereocenters. The van der Waals surface area contributed by atoms with Gasteiger partial charge < -0.3 is 10.0 Å². The number of carboxylic acids is 1. The number of aromatic carboxylic acids is 1. The Bertz CT molecular complexity index is 492. The van der Waals surface area contributed by atoms with Gasteiger partial charge in [0.25, 0.3) is 6.43 Å². The van der Waals surface area contributed by atoms with Crippen LogP contribution in [0.4, 0.5) is 8.78 Å². The summed E-state index contributed by atoms with van der Waals surface area (Å²) in [5.74, 6) is -1.44. The molecule has 0 heterocycles. The largest absolute Gasteiger partial charge is 0.478 e. The minimum absolute atomic E-state index is 0.0248. The minimum Gasteiger partial charge on any atom is -0.478 e. The molecule has 0 aromatic heterocycles. The number of carbonyl (C=O) groups excluding carboxylic acids is 1. The second kappa shape index (κ2) is 8.34. The number of benzene rings is 1. The van der Waals surface area contributed by atoms with Crippen LogP contribution in [0.5, 0.6) is 0 Å². The Hall–Kier alpha value is -1.98. The number of hydrogen-bond acceptors (Lipinski definition) is 2. The van der Waals surface area contributed by atoms with Gasteiger partial charge in [-0.15, -0.1) is 0 Å². The van der Waals surface area contributed by atoms with E-state index < -0.39 is 18.9 Å². The van der Waals surface area contributed by atoms with Crippen LogP contribution < -0.4 is 0 Å². The first kappa shape index (κ1) is 17.1. The molecule has 0 bridgehead atoms. The Kier molecular flexibility index (Phi) is 6.78. The molecule has 0 fully saturated rings. The lowest BCUT2D eigenvalue weighted by molar-refractivity contribution is -0.133. The Labute approximate surface area is 122 Å². The SMILES string of the molecule is CCCN(CC(F)F)C(=O)CCc1ccccc1C(=O)O. The second-order valence-electron chi connectivity index (χ2n) is 4.69. The van der Waals surface area contributed by atoms with E-state index in [1.807, 2.05) is 6.92 Å². The number of amides is 1. The molecule has 0 saturated carbocycles. The smallest absolute Gasteiger partial charge is 0.335 e. The molecule has 0 saturated heterocycles. The quantitative estimate of drug-likeness (QED) is 0.803. The molecule has 1 rings (SSSR count). The van der Waals surface area contributed by atoms with Gasteiger partial charge in [0.2, 0.25) is 5.91 Å². The summed E-state index contributed by atoms with van der Waals surface area (Å²) in [5.41, 5.74) is 0.674. The summed E-state index contributed by atoms with van der Waals surface area (Å²) in [7, 11) is 0. The molecule has 1 aromatic carbocycles. The molecule has 1 aromatic rings. The first-order chi connectivity index (χ1) is 9.95. The van der Waals surface area contributed by atoms with E-state index >= 15 is 0 Å². The molecule has 21 heavy (non-hydrogen) atoms. The van der Waals surface area contributed by atoms with Crippen LogP contribution >= 0.6 is 0 Å². The van der Waals surface area contributed by atoms with Crippen LogP contribution in [-0.2, 0) is 11.2 Å². The van der Waals surface area contributed by atoms with Gasteiger partial charge in [-0.3, -0.25) is 4.79 Å². The van der Waals surface area contributed by atoms with Crippen LogP contribution in [0.25, 0.3) is 0 Å². The van der Waals surface area contributed by atoms with Crippen molar-refractivity contribution in [1.82, 2.24) is 4.90 Å². The van der Waals surface area contributed by atoms with Gasteiger partial charge in [-0.25, -0.2) is 13.6 Å². The van der Waals surface area contributed by atoms with Crippen molar-refractivity contribution in [2.45, 2.75) is 32.6 Å². The summed E-state index contributed by atoms with van der Waals surface area (Å²) < 4.78 is 24.9. The molecule has 1 N–H and O–H groups in total. The van der Waals surface area contributed by atoms with Gasteiger partial charge >= 0.3 is 5.97 Å². The summed E-state index contributed by atoms with van der Waals surface area (Å²) in [4.78, 5) is 24.2. The fourth-order valence-electron chi connectivity index (χ4n) is 2.10. The monoisotopic (exact) mass is 299 g/mol. The van der Waals surface area contributed by atoms with E-state index in [1.165, 1.54) is 6.07 Å². The fraction of sp³-hybridized carbons (Fsp3) is 0.467. The lowest BCUT2D eigenvalue weighted by Gasteiger charge is -2.21. The van der Waals surface area contributed by atoms with E-state index in [0.717, 1.165) is 4.90 Å². The molecule has 4 nitrogen and oxygen atoms in total. The number of alkyl halides is 2. The Morgan fingerprint density at radius 2 is 1.95 bits per heavy atom. The number of rotatable bonds is 8. The zero-order chi connectivity index (χ0) is 15.8. The molecule has 1 amide bonds. The molecular weight excluding hydrogens is 280 g/mol. The maximum Gasteiger partial charge on any atom is 0.335 e. The molecule has 0 radical (unpaired) electrons. The number of aryl methyl sites for hydroxylation is 1. The Morgan fingerprint density at radius 3 is 2.52 bits per heavy atom. The van der Waals surface area contributed by atoms with Gasteiger partial charge in [-0.2, -0.15) is 0 Å². The topological polar surface area (TPSA) is 57.6 Å². The minimum atomic E-state index is -2.56. The summed E-state index contributed by atoms with van der Waals surface area (Å²) in [6.45, 7) is 1.52. The molecular formula is C15H19F2NO3. The lowest BCUT2D eigenvalue weighted by atomic mass is 10.0. The van der Waals surface area contributed by atoms with Gasteiger partial charge in [-0.05, 0) is 24.5 Å². The zero-order valence-corrected chi connectivity index (χ0v) is 11.9. The number of hydrogen-bond donors (Lipinski definition) is 1. The van der Waals surface area contributed by atoms with Crippen LogP contribution in [-0.4, -0.2) is 41.4 Å². The van der Waals surface area contributed by atoms with Gasteiger partial charge in [0.15, 0.2) is 0 Å². The highest BCUT2D eigenvalue weighted by molar-refractivity contribution is 5.89. The van der Waals surface area contributed by atoms with Crippen LogP contribution in [0.15, 0.2) is 24.3 Å². The fourth-order valence-corrected chi connectivity index (χ4v) is 2.10. The maximum atomic E-state index is 12.4. The van der Waals surface area contributed by atoms with E-state index in [-0.39, 0.29) is 30.9 Å². The van der Waals surface area contributed by atoms with Crippen molar-refractivity contribution in [2.24, 2.45) is 0 Å². The summed E-state index contributed by atoms with van der Waals surface area (Å²) in [6.07, 6.45) is -1.71. The van der Waals surface area contributed by atoms with Gasteiger partial charge in [0, 0.05) is 13.0 Å². The first-order valence-electron chi connectivity index (χ1n) is 6.82. The molecule has 0 aliphatic heterocycles. The third-order valence-electron chi connectivity index (χ3n) is 3.06. The number of carbonyl (C=O) groups is 2. The van der Waals surface area contributed by atoms with Gasteiger partial charge in [0.05, 0.1) is 12.1 Å².